The van der Waals surface area contributed by atoms with Crippen LogP contribution in [0.3, 0.4) is 0 Å². The second-order valence-corrected chi connectivity index (χ2v) is 12.8. The van der Waals surface area contributed by atoms with Crippen molar-refractivity contribution >= 4 is 51.7 Å². The Bertz CT molecular complexity index is 2230. The Balaban J connectivity index is 0.000000194. The van der Waals surface area contributed by atoms with E-state index in [1.54, 1.807) is 78.9 Å². The van der Waals surface area contributed by atoms with Crippen LogP contribution in [0.4, 0.5) is 17.6 Å². The average molecular weight is 846 g/mol. The lowest BCUT2D eigenvalue weighted by Gasteiger charge is -2.13. The Labute approximate surface area is 328 Å². The molecule has 0 aliphatic carbocycles. The summed E-state index contributed by atoms with van der Waals surface area (Å²) in [5.74, 6) is -0.356. The minimum atomic E-state index is -1.56. The molecule has 0 spiro atoms. The Morgan fingerprint density at radius 3 is 1.33 bits per heavy atom. The smallest absolute Gasteiger partial charge is 0.492 e. The molecule has 54 heavy (non-hydrogen) atoms. The molecule has 2 N–H and O–H groups in total. The highest BCUT2D eigenvalue weighted by Crippen LogP contribution is 2.39. The Kier molecular flexibility index (Phi) is 15.2. The van der Waals surface area contributed by atoms with Gasteiger partial charge in [0.2, 0.25) is 0 Å². The molecule has 6 rings (SSSR count). The molecule has 280 valence electrons. The number of hydrogen-bond donors (Lipinski definition) is 2. The predicted molar refractivity (Wildman–Crippen MR) is 209 cm³/mol. The van der Waals surface area contributed by atoms with E-state index in [9.17, 15) is 17.6 Å². The van der Waals surface area contributed by atoms with Crippen molar-refractivity contribution in [3.63, 3.8) is 0 Å². The summed E-state index contributed by atoms with van der Waals surface area (Å²) in [4.78, 5) is 0. The van der Waals surface area contributed by atoms with E-state index in [2.05, 4.69) is 15.9 Å². The van der Waals surface area contributed by atoms with Crippen LogP contribution in [-0.2, 0) is 0 Å². The van der Waals surface area contributed by atoms with Gasteiger partial charge in [-0.15, -0.1) is 0 Å². The molecule has 0 saturated heterocycles. The normalized spacial score (nSPS) is 10.3. The van der Waals surface area contributed by atoms with Crippen molar-refractivity contribution in [2.75, 3.05) is 28.4 Å². The van der Waals surface area contributed by atoms with Gasteiger partial charge in [0.15, 0.2) is 0 Å². The second-order valence-electron chi connectivity index (χ2n) is 11.1. The van der Waals surface area contributed by atoms with Gasteiger partial charge >= 0.3 is 7.12 Å². The van der Waals surface area contributed by atoms with E-state index in [1.165, 1.54) is 34.5 Å². The third kappa shape index (κ3) is 10.3. The van der Waals surface area contributed by atoms with E-state index in [0.717, 1.165) is 24.3 Å². The molecular weight excluding hydrogens is 814 g/mol. The molecule has 0 radical (unpaired) electrons. The molecule has 6 aromatic carbocycles. The molecule has 0 aliphatic heterocycles. The summed E-state index contributed by atoms with van der Waals surface area (Å²) in [5, 5.41) is 18.6. The Morgan fingerprint density at radius 1 is 0.463 bits per heavy atom. The van der Waals surface area contributed by atoms with Gasteiger partial charge < -0.3 is 29.0 Å². The zero-order valence-corrected chi connectivity index (χ0v) is 32.2. The third-order valence-electron chi connectivity index (χ3n) is 7.78. The number of hydrogen-bond acceptors (Lipinski definition) is 6. The molecule has 0 fully saturated rings. The topological polar surface area (TPSA) is 77.4 Å². The van der Waals surface area contributed by atoms with Crippen molar-refractivity contribution < 1.29 is 46.6 Å². The van der Waals surface area contributed by atoms with E-state index in [-0.39, 0.29) is 26.6 Å². The minimum absolute atomic E-state index is 0.0792. The molecule has 0 atom stereocenters. The molecule has 0 heterocycles. The fourth-order valence-electron chi connectivity index (χ4n) is 5.22. The molecule has 0 saturated carbocycles. The maximum atomic E-state index is 14.8. The van der Waals surface area contributed by atoms with E-state index in [1.807, 2.05) is 0 Å². The van der Waals surface area contributed by atoms with Gasteiger partial charge in [0.1, 0.15) is 46.3 Å². The molecule has 6 aromatic rings. The van der Waals surface area contributed by atoms with Crippen LogP contribution in [0, 0.1) is 23.3 Å². The molecule has 0 unspecified atom stereocenters. The van der Waals surface area contributed by atoms with Crippen molar-refractivity contribution in [1.29, 1.82) is 0 Å². The highest BCUT2D eigenvalue weighted by atomic mass is 79.9. The second kappa shape index (κ2) is 19.6. The molecule has 0 aromatic heterocycles. The lowest BCUT2D eigenvalue weighted by atomic mass is 9.79. The van der Waals surface area contributed by atoms with Crippen molar-refractivity contribution in [3.8, 4) is 56.4 Å². The average Bonchev–Trinajstić information content (AvgIpc) is 3.17. The van der Waals surface area contributed by atoms with E-state index in [4.69, 9.17) is 52.2 Å². The van der Waals surface area contributed by atoms with Crippen LogP contribution in [0.15, 0.2) is 114 Å². The van der Waals surface area contributed by atoms with Crippen molar-refractivity contribution in [1.82, 2.24) is 0 Å². The number of methoxy groups -OCH3 is 4. The van der Waals surface area contributed by atoms with Crippen LogP contribution in [0.1, 0.15) is 0 Å². The summed E-state index contributed by atoms with van der Waals surface area (Å²) in [5.41, 5.74) is 2.05. The maximum Gasteiger partial charge on any atom is 0.492 e. The highest BCUT2D eigenvalue weighted by molar-refractivity contribution is 9.10. The van der Waals surface area contributed by atoms with E-state index >= 15 is 0 Å². The summed E-state index contributed by atoms with van der Waals surface area (Å²) in [7, 11) is 4.34. The first-order valence-electron chi connectivity index (χ1n) is 15.8. The van der Waals surface area contributed by atoms with Gasteiger partial charge in [-0.3, -0.25) is 0 Å². The lowest BCUT2D eigenvalue weighted by Crippen LogP contribution is -2.31. The van der Waals surface area contributed by atoms with Crippen molar-refractivity contribution in [3.05, 3.63) is 147 Å². The molecule has 14 heteroatoms. The standard InChI is InChI=1S/C20H15ClF2O2.C13H9BrF2O.C7H8BClO3/c1-24-19-6-4-3-5-13(19)14-10-18(23)15(11-17(14)22)16-9-12(21)7-8-20(16)25-2;1-17-13-5-3-2-4-8(13)9-6-12(16)10(14)7-11(9)15;1-12-7-3-2-5(9)4-6(7)8(10)11/h3-11H,1-2H3;2-7H,1H3;2-4,10-11H,1H3. The molecule has 0 amide bonds. The maximum absolute atomic E-state index is 14.8. The van der Waals surface area contributed by atoms with Crippen LogP contribution < -0.4 is 24.4 Å². The molecule has 0 bridgehead atoms. The fraction of sp³-hybridized carbons (Fsp3) is 0.100. The summed E-state index contributed by atoms with van der Waals surface area (Å²) < 4.78 is 77.3. The summed E-state index contributed by atoms with van der Waals surface area (Å²) >= 11 is 14.6. The fourth-order valence-corrected chi connectivity index (χ4v) is 5.89. The van der Waals surface area contributed by atoms with Gasteiger partial charge in [0.05, 0.1) is 32.9 Å². The number of para-hydroxylation sites is 2. The van der Waals surface area contributed by atoms with Crippen LogP contribution in [0.5, 0.6) is 23.0 Å². The number of benzene rings is 6. The molecular formula is C40H32BBrCl2F4O6. The largest absolute Gasteiger partial charge is 0.497 e. The van der Waals surface area contributed by atoms with Crippen LogP contribution in [-0.4, -0.2) is 45.6 Å². The third-order valence-corrected chi connectivity index (χ3v) is 8.86. The quantitative estimate of drug-likeness (QED) is 0.0903. The zero-order valence-electron chi connectivity index (χ0n) is 29.1. The van der Waals surface area contributed by atoms with Crippen LogP contribution in [0.2, 0.25) is 10.0 Å². The van der Waals surface area contributed by atoms with Gasteiger partial charge in [-0.25, -0.2) is 17.6 Å². The number of ether oxygens (including phenoxy) is 4. The summed E-state index contributed by atoms with van der Waals surface area (Å²) in [6.07, 6.45) is 0. The summed E-state index contributed by atoms with van der Waals surface area (Å²) in [6, 6.07) is 27.8. The minimum Gasteiger partial charge on any atom is -0.497 e. The van der Waals surface area contributed by atoms with E-state index < -0.39 is 30.4 Å². The highest BCUT2D eigenvalue weighted by Gasteiger charge is 2.19. The SMILES string of the molecule is COc1ccc(Cl)cc1B(O)O.COc1ccccc1-c1cc(F)c(-c2cc(Cl)ccc2OC)cc1F.COc1ccccc1-c1cc(F)c(Br)cc1F. The predicted octanol–water partition coefficient (Wildman–Crippen LogP) is 10.4. The van der Waals surface area contributed by atoms with Crippen molar-refractivity contribution in [2.45, 2.75) is 0 Å². The number of rotatable bonds is 8. The van der Waals surface area contributed by atoms with Gasteiger partial charge in [-0.05, 0) is 88.7 Å². The Morgan fingerprint density at radius 2 is 0.852 bits per heavy atom. The van der Waals surface area contributed by atoms with Crippen LogP contribution in [0.25, 0.3) is 33.4 Å². The van der Waals surface area contributed by atoms with Gasteiger partial charge in [-0.2, -0.15) is 0 Å². The van der Waals surface area contributed by atoms with E-state index in [0.29, 0.717) is 49.7 Å². The monoisotopic (exact) mass is 844 g/mol. The first-order valence-corrected chi connectivity index (χ1v) is 17.3. The molecule has 6 nitrogen and oxygen atoms in total. The van der Waals surface area contributed by atoms with Gasteiger partial charge in [-0.1, -0.05) is 59.6 Å². The van der Waals surface area contributed by atoms with Gasteiger partial charge in [0.25, 0.3) is 0 Å². The van der Waals surface area contributed by atoms with Crippen molar-refractivity contribution in [2.24, 2.45) is 0 Å². The molecule has 0 aliphatic rings. The number of halogens is 7. The Hall–Kier alpha value is -4.72. The van der Waals surface area contributed by atoms with Crippen LogP contribution >= 0.6 is 39.1 Å². The zero-order chi connectivity index (χ0) is 39.5. The first-order chi connectivity index (χ1) is 25.8. The summed E-state index contributed by atoms with van der Waals surface area (Å²) in [6.45, 7) is 0. The lowest BCUT2D eigenvalue weighted by molar-refractivity contribution is 0.403. The first kappa shape index (κ1) is 42.0. The van der Waals surface area contributed by atoms with Gasteiger partial charge in [0, 0.05) is 48.9 Å².